The van der Waals surface area contributed by atoms with Crippen LogP contribution >= 0.6 is 0 Å². The molecule has 10 heteroatoms. The summed E-state index contributed by atoms with van der Waals surface area (Å²) in [5.74, 6) is -1.44. The zero-order valence-electron chi connectivity index (χ0n) is 19.6. The Labute approximate surface area is 194 Å². The number of benzene rings is 1. The highest BCUT2D eigenvalue weighted by atomic mass is 16.3. The van der Waals surface area contributed by atoms with E-state index in [4.69, 9.17) is 9.90 Å². The van der Waals surface area contributed by atoms with Gasteiger partial charge in [0.15, 0.2) is 0 Å². The molecule has 0 fully saturated rings. The van der Waals surface area contributed by atoms with E-state index in [9.17, 15) is 19.5 Å². The summed E-state index contributed by atoms with van der Waals surface area (Å²) in [6.07, 6.45) is 2.74. The first kappa shape index (κ1) is 28.1. The first-order chi connectivity index (χ1) is 15.7. The number of aliphatic hydroxyl groups is 1. The minimum Gasteiger partial charge on any atom is -0.483 e. The van der Waals surface area contributed by atoms with Crippen molar-refractivity contribution in [3.05, 3.63) is 35.4 Å². The van der Waals surface area contributed by atoms with Gasteiger partial charge >= 0.3 is 0 Å². The highest BCUT2D eigenvalue weighted by molar-refractivity contribution is 5.93. The molecule has 1 aromatic carbocycles. The maximum absolute atomic E-state index is 12.8. The number of amides is 3. The number of carbonyl (C=O) groups excluding carboxylic acids is 3. The van der Waals surface area contributed by atoms with E-state index in [1.165, 1.54) is 5.56 Å². The summed E-state index contributed by atoms with van der Waals surface area (Å²) in [6, 6.07) is 5.47. The highest BCUT2D eigenvalue weighted by Crippen LogP contribution is 2.29. The van der Waals surface area contributed by atoms with E-state index >= 15 is 0 Å². The number of hydrogen-bond donors (Lipinski definition) is 6. The van der Waals surface area contributed by atoms with Gasteiger partial charge in [0.05, 0.1) is 18.7 Å². The van der Waals surface area contributed by atoms with Crippen molar-refractivity contribution in [3.8, 4) is 0 Å². The van der Waals surface area contributed by atoms with Crippen LogP contribution in [0.3, 0.4) is 0 Å². The predicted molar refractivity (Wildman–Crippen MR) is 123 cm³/mol. The normalized spacial score (nSPS) is 17.3. The first-order valence-corrected chi connectivity index (χ1v) is 11.0. The van der Waals surface area contributed by atoms with Crippen molar-refractivity contribution in [2.75, 3.05) is 13.7 Å². The van der Waals surface area contributed by atoms with Crippen molar-refractivity contribution >= 4 is 24.2 Å². The Morgan fingerprint density at radius 3 is 2.30 bits per heavy atom. The van der Waals surface area contributed by atoms with E-state index < -0.39 is 36.5 Å². The van der Waals surface area contributed by atoms with Crippen molar-refractivity contribution in [3.63, 3.8) is 0 Å². The third-order valence-electron chi connectivity index (χ3n) is 5.57. The van der Waals surface area contributed by atoms with Crippen LogP contribution in [0.25, 0.3) is 0 Å². The fourth-order valence-corrected chi connectivity index (χ4v) is 3.58. The summed E-state index contributed by atoms with van der Waals surface area (Å²) in [5, 5.41) is 27.7. The van der Waals surface area contributed by atoms with Crippen molar-refractivity contribution in [1.29, 1.82) is 0 Å². The maximum atomic E-state index is 12.8. The van der Waals surface area contributed by atoms with Crippen molar-refractivity contribution in [2.45, 2.75) is 64.2 Å². The van der Waals surface area contributed by atoms with E-state index in [2.05, 4.69) is 27.3 Å². The number of hydrogen-bond acceptors (Lipinski definition) is 6. The molecule has 6 N–H and O–H groups in total. The molecular weight excluding hydrogens is 428 g/mol. The number of carboxylic acid groups (broad SMARTS) is 1. The molecule has 0 radical (unpaired) electrons. The van der Waals surface area contributed by atoms with Gasteiger partial charge in [-0.3, -0.25) is 19.2 Å². The van der Waals surface area contributed by atoms with Gasteiger partial charge in [0.1, 0.15) is 12.1 Å². The first-order valence-electron chi connectivity index (χ1n) is 11.0. The number of likely N-dealkylation sites (N-methyl/N-ethyl adjacent to an activating group) is 1. The molecule has 10 nitrogen and oxygen atoms in total. The molecule has 3 amide bonds. The van der Waals surface area contributed by atoms with Gasteiger partial charge in [-0.2, -0.15) is 0 Å². The van der Waals surface area contributed by atoms with Crippen LogP contribution in [0.15, 0.2) is 24.3 Å². The molecule has 1 aliphatic rings. The molecule has 0 saturated carbocycles. The van der Waals surface area contributed by atoms with Gasteiger partial charge in [-0.25, -0.2) is 0 Å². The van der Waals surface area contributed by atoms with Crippen LogP contribution < -0.4 is 21.3 Å². The molecule has 1 aliphatic carbocycles. The maximum Gasteiger partial charge on any atom is 0.290 e. The van der Waals surface area contributed by atoms with Crippen LogP contribution in [0.1, 0.15) is 50.8 Å². The molecule has 33 heavy (non-hydrogen) atoms. The van der Waals surface area contributed by atoms with Gasteiger partial charge in [-0.15, -0.1) is 0 Å². The minimum atomic E-state index is -1.09. The number of aliphatic hydroxyl groups excluding tert-OH is 1. The number of nitrogens with one attached hydrogen (secondary N) is 4. The number of rotatable bonds is 9. The molecule has 0 aliphatic heterocycles. The third-order valence-corrected chi connectivity index (χ3v) is 5.57. The molecule has 1 aromatic rings. The summed E-state index contributed by atoms with van der Waals surface area (Å²) < 4.78 is 0. The molecular formula is C23H36N4O6. The Kier molecular flexibility index (Phi) is 12.1. The van der Waals surface area contributed by atoms with E-state index in [-0.39, 0.29) is 24.3 Å². The zero-order valence-corrected chi connectivity index (χ0v) is 19.6. The number of fused-ring (bicyclic) bond motifs is 1. The zero-order chi connectivity index (χ0) is 25.0. The third kappa shape index (κ3) is 8.47. The summed E-state index contributed by atoms with van der Waals surface area (Å²) in [7, 11) is 1.66. The van der Waals surface area contributed by atoms with Crippen LogP contribution in [0.5, 0.6) is 0 Å². The Balaban J connectivity index is 0.00000172. The largest absolute Gasteiger partial charge is 0.483 e. The Morgan fingerprint density at radius 2 is 1.73 bits per heavy atom. The SMILES string of the molecule is CN[C@@H](C)C(=O)N[C@H](C(=O)N[C@@H](CO)C(=O)NC1CCCc2ccccc21)C(C)C.O=CO. The van der Waals surface area contributed by atoms with Crippen LogP contribution in [0, 0.1) is 5.92 Å². The van der Waals surface area contributed by atoms with Crippen LogP contribution in [-0.4, -0.2) is 66.2 Å². The highest BCUT2D eigenvalue weighted by Gasteiger charge is 2.31. The summed E-state index contributed by atoms with van der Waals surface area (Å²) >= 11 is 0. The van der Waals surface area contributed by atoms with Crippen LogP contribution in [0.2, 0.25) is 0 Å². The van der Waals surface area contributed by atoms with Gasteiger partial charge in [0, 0.05) is 0 Å². The van der Waals surface area contributed by atoms with E-state index in [1.807, 2.05) is 32.0 Å². The minimum absolute atomic E-state index is 0.148. The molecule has 0 aromatic heterocycles. The van der Waals surface area contributed by atoms with E-state index in [0.29, 0.717) is 0 Å². The van der Waals surface area contributed by atoms with E-state index in [1.54, 1.807) is 14.0 Å². The standard InChI is InChI=1S/C22H34N4O4.CH2O2/c1-13(2)19(26-20(28)14(3)23-4)22(30)25-18(12-27)21(29)24-17-11-7-9-15-8-5-6-10-16(15)17;2-1-3/h5-6,8,10,13-14,17-19,23,27H,7,9,11-12H2,1-4H3,(H,24,29)(H,25,30)(H,26,28);1H,(H,2,3)/t14-,17?,18-,19-;/m0./s1. The molecule has 0 heterocycles. The quantitative estimate of drug-likeness (QED) is 0.283. The predicted octanol–water partition coefficient (Wildman–Crippen LogP) is 0.107. The second-order valence-corrected chi connectivity index (χ2v) is 8.24. The molecule has 1 unspecified atom stereocenters. The monoisotopic (exact) mass is 464 g/mol. The Hall–Kier alpha value is -2.98. The summed E-state index contributed by atoms with van der Waals surface area (Å²) in [4.78, 5) is 46.1. The van der Waals surface area contributed by atoms with Gasteiger partial charge < -0.3 is 31.5 Å². The topological polar surface area (TPSA) is 157 Å². The van der Waals surface area contributed by atoms with Crippen LogP contribution in [-0.2, 0) is 25.6 Å². The molecule has 2 rings (SSSR count). The molecule has 0 bridgehead atoms. The lowest BCUT2D eigenvalue weighted by atomic mass is 9.87. The smallest absolute Gasteiger partial charge is 0.290 e. The average Bonchev–Trinajstić information content (AvgIpc) is 2.80. The van der Waals surface area contributed by atoms with Crippen LogP contribution in [0.4, 0.5) is 0 Å². The van der Waals surface area contributed by atoms with Gasteiger partial charge in [-0.1, -0.05) is 38.1 Å². The summed E-state index contributed by atoms with van der Waals surface area (Å²) in [5.41, 5.74) is 2.29. The molecule has 0 saturated heterocycles. The summed E-state index contributed by atoms with van der Waals surface area (Å²) in [6.45, 7) is 4.53. The lowest BCUT2D eigenvalue weighted by molar-refractivity contribution is -0.134. The van der Waals surface area contributed by atoms with Gasteiger partial charge in [0.2, 0.25) is 17.7 Å². The number of carbonyl (C=O) groups is 4. The number of aryl methyl sites for hydroxylation is 1. The van der Waals surface area contributed by atoms with E-state index in [0.717, 1.165) is 24.8 Å². The Bertz CT molecular complexity index is 801. The lowest BCUT2D eigenvalue weighted by Gasteiger charge is -2.29. The molecule has 184 valence electrons. The lowest BCUT2D eigenvalue weighted by Crippen LogP contribution is -2.58. The Morgan fingerprint density at radius 1 is 1.09 bits per heavy atom. The molecule has 4 atom stereocenters. The fourth-order valence-electron chi connectivity index (χ4n) is 3.58. The fraction of sp³-hybridized carbons (Fsp3) is 0.565. The average molecular weight is 465 g/mol. The van der Waals surface area contributed by atoms with Crippen molar-refractivity contribution < 1.29 is 29.4 Å². The second kappa shape index (κ2) is 14.2. The van der Waals surface area contributed by atoms with Crippen molar-refractivity contribution in [1.82, 2.24) is 21.3 Å². The second-order valence-electron chi connectivity index (χ2n) is 8.24. The van der Waals surface area contributed by atoms with Gasteiger partial charge in [-0.05, 0) is 50.3 Å². The van der Waals surface area contributed by atoms with Crippen molar-refractivity contribution in [2.24, 2.45) is 5.92 Å². The molecule has 0 spiro atoms. The van der Waals surface area contributed by atoms with Gasteiger partial charge in [0.25, 0.3) is 6.47 Å².